The second-order valence-corrected chi connectivity index (χ2v) is 4.13. The maximum absolute atomic E-state index is 9.74. The number of hydrogen-bond acceptors (Lipinski definition) is 5. The van der Waals surface area contributed by atoms with Gasteiger partial charge in [0.1, 0.15) is 36.3 Å². The van der Waals surface area contributed by atoms with Crippen LogP contribution in [0.4, 0.5) is 0 Å². The van der Waals surface area contributed by atoms with Crippen molar-refractivity contribution < 1.29 is 24.2 Å². The maximum atomic E-state index is 9.74. The summed E-state index contributed by atoms with van der Waals surface area (Å²) in [6.07, 6.45) is 5.55. The van der Waals surface area contributed by atoms with Crippen LogP contribution in [-0.2, 0) is 13.2 Å². The number of furan rings is 2. The molecule has 0 fully saturated rings. The lowest BCUT2D eigenvalue weighted by molar-refractivity contribution is 0.246. The van der Waals surface area contributed by atoms with Crippen molar-refractivity contribution in [2.24, 2.45) is 0 Å². The van der Waals surface area contributed by atoms with Crippen LogP contribution in [0.5, 0.6) is 0 Å². The van der Waals surface area contributed by atoms with Crippen LogP contribution in [0.1, 0.15) is 23.0 Å². The van der Waals surface area contributed by atoms with E-state index in [0.29, 0.717) is 23.0 Å². The van der Waals surface area contributed by atoms with E-state index in [0.717, 1.165) is 0 Å². The van der Waals surface area contributed by atoms with Crippen LogP contribution in [0.2, 0.25) is 0 Å². The molecule has 20 heavy (non-hydrogen) atoms. The van der Waals surface area contributed by atoms with Crippen LogP contribution in [0, 0.1) is 0 Å². The van der Waals surface area contributed by atoms with Gasteiger partial charge in [-0.15, -0.1) is 0 Å². The highest BCUT2D eigenvalue weighted by atomic mass is 16.4. The highest BCUT2D eigenvalue weighted by molar-refractivity contribution is 5.48. The summed E-state index contributed by atoms with van der Waals surface area (Å²) in [6.45, 7) is -0.302. The summed E-state index contributed by atoms with van der Waals surface area (Å²) < 4.78 is 10.5. The molecule has 2 aromatic heterocycles. The molecule has 0 aliphatic rings. The highest BCUT2D eigenvalue weighted by Crippen LogP contribution is 2.12. The van der Waals surface area contributed by atoms with Gasteiger partial charge in [0.25, 0.3) is 0 Å². The zero-order chi connectivity index (χ0) is 14.4. The van der Waals surface area contributed by atoms with Crippen LogP contribution in [0.25, 0.3) is 12.2 Å². The number of aliphatic hydroxyl groups excluding tert-OH is 3. The van der Waals surface area contributed by atoms with Crippen molar-refractivity contribution in [2.75, 3.05) is 0 Å². The van der Waals surface area contributed by atoms with Gasteiger partial charge in [-0.25, -0.2) is 0 Å². The van der Waals surface area contributed by atoms with E-state index < -0.39 is 6.10 Å². The fourth-order valence-corrected chi connectivity index (χ4v) is 1.59. The quantitative estimate of drug-likeness (QED) is 0.750. The molecule has 0 amide bonds. The molecule has 2 rings (SSSR count). The maximum Gasteiger partial charge on any atom is 0.130 e. The monoisotopic (exact) mass is 276 g/mol. The Morgan fingerprint density at radius 1 is 0.850 bits per heavy atom. The molecule has 5 nitrogen and oxygen atoms in total. The molecular weight excluding hydrogens is 260 g/mol. The SMILES string of the molecule is OCc1ccc(/C=C/C(O)/C=C/c2ccc(CO)o2)o1. The summed E-state index contributed by atoms with van der Waals surface area (Å²) >= 11 is 0. The molecule has 0 spiro atoms. The van der Waals surface area contributed by atoms with Gasteiger partial charge < -0.3 is 24.2 Å². The molecule has 2 heterocycles. The largest absolute Gasteiger partial charge is 0.459 e. The third-order valence-electron chi connectivity index (χ3n) is 2.59. The van der Waals surface area contributed by atoms with E-state index >= 15 is 0 Å². The minimum atomic E-state index is -0.791. The molecule has 0 unspecified atom stereocenters. The minimum absolute atomic E-state index is 0.151. The molecule has 0 bridgehead atoms. The van der Waals surface area contributed by atoms with E-state index in [1.807, 2.05) is 0 Å². The Bertz CT molecular complexity index is 539. The van der Waals surface area contributed by atoms with Crippen molar-refractivity contribution in [3.05, 3.63) is 59.5 Å². The summed E-state index contributed by atoms with van der Waals surface area (Å²) in [4.78, 5) is 0. The first-order valence-corrected chi connectivity index (χ1v) is 6.15. The Hall–Kier alpha value is -2.08. The number of rotatable bonds is 6. The summed E-state index contributed by atoms with van der Waals surface area (Å²) in [5.41, 5.74) is 0. The van der Waals surface area contributed by atoms with Crippen molar-refractivity contribution >= 4 is 12.2 Å². The Balaban J connectivity index is 1.92. The lowest BCUT2D eigenvalue weighted by atomic mass is 10.2. The first-order valence-electron chi connectivity index (χ1n) is 6.15. The molecule has 0 aliphatic carbocycles. The van der Waals surface area contributed by atoms with Gasteiger partial charge in [0.15, 0.2) is 0 Å². The van der Waals surface area contributed by atoms with Crippen molar-refractivity contribution in [3.8, 4) is 0 Å². The van der Waals surface area contributed by atoms with E-state index in [2.05, 4.69) is 0 Å². The lowest BCUT2D eigenvalue weighted by Crippen LogP contribution is -1.94. The van der Waals surface area contributed by atoms with Gasteiger partial charge in [0.05, 0.1) is 6.10 Å². The van der Waals surface area contributed by atoms with E-state index in [1.165, 1.54) is 0 Å². The Morgan fingerprint density at radius 3 is 1.65 bits per heavy atom. The minimum Gasteiger partial charge on any atom is -0.459 e. The van der Waals surface area contributed by atoms with Gasteiger partial charge in [-0.05, 0) is 48.6 Å². The molecule has 0 aromatic carbocycles. The van der Waals surface area contributed by atoms with Crippen molar-refractivity contribution in [3.63, 3.8) is 0 Å². The number of aliphatic hydroxyl groups is 3. The van der Waals surface area contributed by atoms with E-state index in [9.17, 15) is 5.11 Å². The molecule has 0 saturated heterocycles. The summed E-state index contributed by atoms with van der Waals surface area (Å²) in [5, 5.41) is 27.5. The molecular formula is C15H16O5. The third kappa shape index (κ3) is 3.96. The smallest absolute Gasteiger partial charge is 0.130 e. The molecule has 0 aliphatic heterocycles. The van der Waals surface area contributed by atoms with Gasteiger partial charge in [-0.3, -0.25) is 0 Å². The fraction of sp³-hybridized carbons (Fsp3) is 0.200. The van der Waals surface area contributed by atoms with E-state index in [1.54, 1.807) is 48.6 Å². The number of hydrogen-bond donors (Lipinski definition) is 3. The van der Waals surface area contributed by atoms with Crippen LogP contribution in [0.3, 0.4) is 0 Å². The zero-order valence-corrected chi connectivity index (χ0v) is 10.8. The van der Waals surface area contributed by atoms with Crippen LogP contribution >= 0.6 is 0 Å². The molecule has 0 radical (unpaired) electrons. The van der Waals surface area contributed by atoms with Crippen LogP contribution < -0.4 is 0 Å². The zero-order valence-electron chi connectivity index (χ0n) is 10.8. The van der Waals surface area contributed by atoms with Gasteiger partial charge in [0, 0.05) is 0 Å². The molecule has 0 atom stereocenters. The van der Waals surface area contributed by atoms with Gasteiger partial charge >= 0.3 is 0 Å². The summed E-state index contributed by atoms with van der Waals surface area (Å²) in [5.74, 6) is 2.06. The van der Waals surface area contributed by atoms with Crippen molar-refractivity contribution in [1.29, 1.82) is 0 Å². The normalized spacial score (nSPS) is 12.2. The second-order valence-electron chi connectivity index (χ2n) is 4.13. The second kappa shape index (κ2) is 6.91. The summed E-state index contributed by atoms with van der Waals surface area (Å²) in [6, 6.07) is 6.75. The average molecular weight is 276 g/mol. The highest BCUT2D eigenvalue weighted by Gasteiger charge is 2.00. The Morgan fingerprint density at radius 2 is 1.30 bits per heavy atom. The molecule has 2 aromatic rings. The van der Waals surface area contributed by atoms with Crippen molar-refractivity contribution in [1.82, 2.24) is 0 Å². The third-order valence-corrected chi connectivity index (χ3v) is 2.59. The standard InChI is InChI=1S/C15H16O5/c16-9-14-7-5-12(19-14)3-1-11(18)2-4-13-6-8-15(10-17)20-13/h1-8,11,16-18H,9-10H2/b3-1+,4-2+. The van der Waals surface area contributed by atoms with Gasteiger partial charge in [-0.1, -0.05) is 0 Å². The predicted molar refractivity (Wildman–Crippen MR) is 73.3 cm³/mol. The first-order chi connectivity index (χ1) is 9.71. The fourth-order valence-electron chi connectivity index (χ4n) is 1.59. The predicted octanol–water partition coefficient (Wildman–Crippen LogP) is 1.94. The lowest BCUT2D eigenvalue weighted by Gasteiger charge is -1.96. The first kappa shape index (κ1) is 14.3. The van der Waals surface area contributed by atoms with E-state index in [4.69, 9.17) is 19.0 Å². The topological polar surface area (TPSA) is 87.0 Å². The average Bonchev–Trinajstić information content (AvgIpc) is 3.11. The van der Waals surface area contributed by atoms with Gasteiger partial charge in [0.2, 0.25) is 0 Å². The Labute approximate surface area is 116 Å². The summed E-state index contributed by atoms with van der Waals surface area (Å²) in [7, 11) is 0. The van der Waals surface area contributed by atoms with Crippen molar-refractivity contribution in [2.45, 2.75) is 19.3 Å². The Kier molecular flexibility index (Phi) is 4.95. The molecule has 0 saturated carbocycles. The van der Waals surface area contributed by atoms with Gasteiger partial charge in [-0.2, -0.15) is 0 Å². The molecule has 3 N–H and O–H groups in total. The molecule has 106 valence electrons. The van der Waals surface area contributed by atoms with Crippen LogP contribution in [0.15, 0.2) is 45.3 Å². The van der Waals surface area contributed by atoms with Crippen LogP contribution in [-0.4, -0.2) is 21.4 Å². The molecule has 5 heteroatoms. The van der Waals surface area contributed by atoms with E-state index in [-0.39, 0.29) is 13.2 Å².